The first-order valence-corrected chi connectivity index (χ1v) is 8.87. The minimum absolute atomic E-state index is 0.186. The fourth-order valence-electron chi connectivity index (χ4n) is 3.20. The lowest BCUT2D eigenvalue weighted by atomic mass is 10.1. The zero-order chi connectivity index (χ0) is 17.8. The van der Waals surface area contributed by atoms with Crippen molar-refractivity contribution in [3.05, 3.63) is 54.5 Å². The maximum Gasteiger partial charge on any atom is 0.226 e. The molecule has 1 saturated heterocycles. The third kappa shape index (κ3) is 3.72. The summed E-state index contributed by atoms with van der Waals surface area (Å²) in [4.78, 5) is 15.6. The molecule has 2 aromatic heterocycles. The summed E-state index contributed by atoms with van der Waals surface area (Å²) in [5.41, 5.74) is 1.98. The minimum atomic E-state index is 0.186. The van der Waals surface area contributed by atoms with Gasteiger partial charge in [0.2, 0.25) is 5.95 Å². The highest BCUT2D eigenvalue weighted by Gasteiger charge is 2.23. The van der Waals surface area contributed by atoms with Crippen molar-refractivity contribution in [1.82, 2.24) is 24.7 Å². The van der Waals surface area contributed by atoms with Crippen LogP contribution in [0.2, 0.25) is 0 Å². The lowest BCUT2D eigenvalue weighted by molar-refractivity contribution is 0.0313. The fourth-order valence-corrected chi connectivity index (χ4v) is 3.20. The Morgan fingerprint density at radius 2 is 2.04 bits per heavy atom. The number of hydrogen-bond acceptors (Lipinski definition) is 6. The van der Waals surface area contributed by atoms with Gasteiger partial charge in [-0.3, -0.25) is 0 Å². The van der Waals surface area contributed by atoms with Crippen molar-refractivity contribution in [2.24, 2.45) is 7.05 Å². The Balaban J connectivity index is 1.44. The molecule has 4 rings (SSSR count). The van der Waals surface area contributed by atoms with Crippen molar-refractivity contribution >= 4 is 5.95 Å². The average Bonchev–Trinajstić information content (AvgIpc) is 3.13. The monoisotopic (exact) mass is 350 g/mol. The van der Waals surface area contributed by atoms with Crippen molar-refractivity contribution in [2.45, 2.75) is 25.6 Å². The molecular weight excluding hydrogens is 328 g/mol. The van der Waals surface area contributed by atoms with Crippen molar-refractivity contribution in [2.75, 3.05) is 18.0 Å². The van der Waals surface area contributed by atoms with E-state index in [1.807, 2.05) is 31.3 Å². The van der Waals surface area contributed by atoms with Crippen molar-refractivity contribution in [1.29, 1.82) is 0 Å². The zero-order valence-corrected chi connectivity index (χ0v) is 14.8. The Kier molecular flexibility index (Phi) is 4.88. The molecule has 1 aliphatic heterocycles. The Morgan fingerprint density at radius 1 is 1.15 bits per heavy atom. The Labute approximate surface area is 152 Å². The van der Waals surface area contributed by atoms with Crippen LogP contribution in [0.25, 0.3) is 11.5 Å². The van der Waals surface area contributed by atoms with Crippen molar-refractivity contribution < 1.29 is 4.74 Å². The normalized spacial score (nSPS) is 17.4. The van der Waals surface area contributed by atoms with Crippen molar-refractivity contribution in [3.63, 3.8) is 0 Å². The third-order valence-corrected chi connectivity index (χ3v) is 4.57. The van der Waals surface area contributed by atoms with Gasteiger partial charge in [-0.15, -0.1) is 0 Å². The van der Waals surface area contributed by atoms with Gasteiger partial charge in [-0.25, -0.2) is 19.6 Å². The molecule has 0 spiro atoms. The predicted octanol–water partition coefficient (Wildman–Crippen LogP) is 2.46. The summed E-state index contributed by atoms with van der Waals surface area (Å²) in [7, 11) is 1.86. The van der Waals surface area contributed by atoms with Crippen LogP contribution in [0.1, 0.15) is 18.4 Å². The van der Waals surface area contributed by atoms with Gasteiger partial charge in [0.25, 0.3) is 0 Å². The highest BCUT2D eigenvalue weighted by Crippen LogP contribution is 2.21. The minimum Gasteiger partial charge on any atom is -0.372 e. The number of aryl methyl sites for hydroxylation is 1. The first kappa shape index (κ1) is 16.7. The van der Waals surface area contributed by atoms with Gasteiger partial charge in [-0.1, -0.05) is 30.3 Å². The Bertz CT molecular complexity index is 850. The van der Waals surface area contributed by atoms with Crippen LogP contribution in [0, 0.1) is 0 Å². The van der Waals surface area contributed by atoms with Crippen LogP contribution in [0.15, 0.2) is 48.9 Å². The first-order valence-electron chi connectivity index (χ1n) is 8.87. The lowest BCUT2D eigenvalue weighted by Crippen LogP contribution is -2.40. The maximum absolute atomic E-state index is 6.12. The van der Waals surface area contributed by atoms with Gasteiger partial charge in [0, 0.05) is 26.3 Å². The number of benzene rings is 1. The summed E-state index contributed by atoms with van der Waals surface area (Å²) in [5.74, 6) is 1.46. The van der Waals surface area contributed by atoms with Gasteiger partial charge in [0.15, 0.2) is 5.82 Å². The number of rotatable bonds is 5. The van der Waals surface area contributed by atoms with Crippen LogP contribution in [-0.4, -0.2) is 43.9 Å². The first-order chi connectivity index (χ1) is 12.8. The van der Waals surface area contributed by atoms with E-state index in [-0.39, 0.29) is 6.10 Å². The van der Waals surface area contributed by atoms with E-state index in [9.17, 15) is 0 Å². The van der Waals surface area contributed by atoms with E-state index >= 15 is 0 Å². The highest BCUT2D eigenvalue weighted by atomic mass is 16.5. The molecule has 0 saturated carbocycles. The topological polar surface area (TPSA) is 69.0 Å². The highest BCUT2D eigenvalue weighted by molar-refractivity contribution is 5.51. The summed E-state index contributed by atoms with van der Waals surface area (Å²) in [6.07, 6.45) is 5.63. The molecule has 1 atom stereocenters. The standard InChI is InChI=1S/C19H22N6O/c1-24-18(21-14-22-24)17-9-10-20-19(23-17)25-11-5-8-16(12-25)26-13-15-6-3-2-4-7-15/h2-4,6-7,9-10,14,16H,5,8,11-13H2,1H3. The van der Waals surface area contributed by atoms with Crippen LogP contribution in [-0.2, 0) is 18.4 Å². The molecule has 7 heteroatoms. The number of anilines is 1. The van der Waals surface area contributed by atoms with E-state index in [0.717, 1.165) is 43.4 Å². The molecule has 0 bridgehead atoms. The molecule has 3 aromatic rings. The lowest BCUT2D eigenvalue weighted by Gasteiger charge is -2.32. The molecule has 0 N–H and O–H groups in total. The van der Waals surface area contributed by atoms with Gasteiger partial charge in [0.1, 0.15) is 12.0 Å². The summed E-state index contributed by atoms with van der Waals surface area (Å²) in [6.45, 7) is 2.38. The summed E-state index contributed by atoms with van der Waals surface area (Å²) < 4.78 is 7.84. The number of aromatic nitrogens is 5. The molecule has 3 heterocycles. The van der Waals surface area contributed by atoms with Gasteiger partial charge < -0.3 is 9.64 Å². The molecule has 0 aliphatic carbocycles. The van der Waals surface area contributed by atoms with Gasteiger partial charge in [-0.2, -0.15) is 5.10 Å². The van der Waals surface area contributed by atoms with Gasteiger partial charge >= 0.3 is 0 Å². The third-order valence-electron chi connectivity index (χ3n) is 4.57. The largest absolute Gasteiger partial charge is 0.372 e. The van der Waals surface area contributed by atoms with Crippen LogP contribution in [0.5, 0.6) is 0 Å². The van der Waals surface area contributed by atoms with Gasteiger partial charge in [-0.05, 0) is 24.5 Å². The molecule has 1 aliphatic rings. The number of nitrogens with zero attached hydrogens (tertiary/aromatic N) is 6. The van der Waals surface area contributed by atoms with E-state index in [1.165, 1.54) is 11.9 Å². The molecule has 0 amide bonds. The second-order valence-electron chi connectivity index (χ2n) is 6.46. The van der Waals surface area contributed by atoms with E-state index in [0.29, 0.717) is 6.61 Å². The van der Waals surface area contributed by atoms with E-state index < -0.39 is 0 Å². The maximum atomic E-state index is 6.12. The number of piperidine rings is 1. The van der Waals surface area contributed by atoms with Crippen LogP contribution < -0.4 is 4.90 Å². The van der Waals surface area contributed by atoms with Crippen LogP contribution >= 0.6 is 0 Å². The molecule has 1 fully saturated rings. The smallest absolute Gasteiger partial charge is 0.226 e. The summed E-state index contributed by atoms with van der Waals surface area (Å²) >= 11 is 0. The number of ether oxygens (including phenoxy) is 1. The molecule has 134 valence electrons. The van der Waals surface area contributed by atoms with E-state index in [1.54, 1.807) is 10.9 Å². The van der Waals surface area contributed by atoms with Crippen LogP contribution in [0.3, 0.4) is 0 Å². The van der Waals surface area contributed by atoms with Crippen LogP contribution in [0.4, 0.5) is 5.95 Å². The van der Waals surface area contributed by atoms with Gasteiger partial charge in [0.05, 0.1) is 12.7 Å². The zero-order valence-electron chi connectivity index (χ0n) is 14.8. The van der Waals surface area contributed by atoms with E-state index in [4.69, 9.17) is 4.74 Å². The Hall–Kier alpha value is -2.80. The number of hydrogen-bond donors (Lipinski definition) is 0. The molecule has 7 nitrogen and oxygen atoms in total. The quantitative estimate of drug-likeness (QED) is 0.704. The molecule has 26 heavy (non-hydrogen) atoms. The molecule has 1 aromatic carbocycles. The molecular formula is C19H22N6O. The summed E-state index contributed by atoms with van der Waals surface area (Å²) in [5, 5.41) is 4.11. The second-order valence-corrected chi connectivity index (χ2v) is 6.46. The van der Waals surface area contributed by atoms with E-state index in [2.05, 4.69) is 37.1 Å². The average molecular weight is 350 g/mol. The summed E-state index contributed by atoms with van der Waals surface area (Å²) in [6, 6.07) is 12.1. The Morgan fingerprint density at radius 3 is 2.85 bits per heavy atom. The fraction of sp³-hybridized carbons (Fsp3) is 0.368. The predicted molar refractivity (Wildman–Crippen MR) is 98.5 cm³/mol. The molecule has 0 radical (unpaired) electrons. The molecule has 1 unspecified atom stereocenters. The second kappa shape index (κ2) is 7.61. The van der Waals surface area contributed by atoms with Crippen molar-refractivity contribution in [3.8, 4) is 11.5 Å². The SMILES string of the molecule is Cn1ncnc1-c1ccnc(N2CCCC(OCc3ccccc3)C2)n1.